The molecule has 1 heterocycles. The molecule has 1 aromatic carbocycles. The van der Waals surface area contributed by atoms with Crippen LogP contribution in [0.2, 0.25) is 18.1 Å². The van der Waals surface area contributed by atoms with Crippen molar-refractivity contribution in [2.45, 2.75) is 38.9 Å². The monoisotopic (exact) mass is 303 g/mol. The van der Waals surface area contributed by atoms with E-state index < -0.39 is 15.4 Å². The van der Waals surface area contributed by atoms with E-state index in [2.05, 4.69) is 38.8 Å². The Bertz CT molecular complexity index is 653. The molecule has 4 nitrogen and oxygen atoms in total. The Balaban J connectivity index is 2.62. The van der Waals surface area contributed by atoms with Crippen LogP contribution in [-0.4, -0.2) is 30.5 Å². The number of fused-ring (bicyclic) bond motifs is 1. The molecular formula is C15H22BNO3Si. The van der Waals surface area contributed by atoms with Crippen molar-refractivity contribution in [2.75, 3.05) is 0 Å². The summed E-state index contributed by atoms with van der Waals surface area (Å²) in [4.78, 5) is 4.37. The van der Waals surface area contributed by atoms with Gasteiger partial charge in [-0.15, -0.1) is 0 Å². The van der Waals surface area contributed by atoms with Gasteiger partial charge in [-0.2, -0.15) is 0 Å². The van der Waals surface area contributed by atoms with Crippen molar-refractivity contribution in [1.29, 1.82) is 0 Å². The molecule has 0 unspecified atom stereocenters. The van der Waals surface area contributed by atoms with Crippen molar-refractivity contribution < 1.29 is 14.5 Å². The summed E-state index contributed by atoms with van der Waals surface area (Å²) in [5, 5.41) is 20.2. The Kier molecular flexibility index (Phi) is 4.15. The standard InChI is InChI=1S/C15H22BNO3Si/c1-15(2,3)21(4,5)20-14-12(16(18)19)9-8-11-7-6-10-17-13(11)14/h6-10,18-19H,1-5H3. The van der Waals surface area contributed by atoms with Crippen LogP contribution in [-0.2, 0) is 0 Å². The van der Waals surface area contributed by atoms with Gasteiger partial charge < -0.3 is 14.5 Å². The summed E-state index contributed by atoms with van der Waals surface area (Å²) in [7, 11) is -3.68. The predicted octanol–water partition coefficient (Wildman–Crippen LogP) is 2.30. The van der Waals surface area contributed by atoms with Crippen LogP contribution in [0.3, 0.4) is 0 Å². The topological polar surface area (TPSA) is 62.6 Å². The number of pyridine rings is 1. The van der Waals surface area contributed by atoms with E-state index in [9.17, 15) is 10.0 Å². The minimum Gasteiger partial charge on any atom is -0.542 e. The van der Waals surface area contributed by atoms with Crippen LogP contribution in [0.5, 0.6) is 5.75 Å². The van der Waals surface area contributed by atoms with Gasteiger partial charge in [0, 0.05) is 17.0 Å². The molecule has 112 valence electrons. The van der Waals surface area contributed by atoms with Gasteiger partial charge in [-0.3, -0.25) is 4.98 Å². The van der Waals surface area contributed by atoms with Crippen molar-refractivity contribution in [3.8, 4) is 5.75 Å². The minimum atomic E-state index is -2.10. The summed E-state index contributed by atoms with van der Waals surface area (Å²) in [6.45, 7) is 10.7. The second-order valence-electron chi connectivity index (χ2n) is 6.80. The van der Waals surface area contributed by atoms with E-state index in [1.165, 1.54) is 0 Å². The maximum Gasteiger partial charge on any atom is 0.492 e. The average molecular weight is 303 g/mol. The summed E-state index contributed by atoms with van der Waals surface area (Å²) >= 11 is 0. The third-order valence-corrected chi connectivity index (χ3v) is 8.53. The molecule has 2 aromatic rings. The zero-order valence-electron chi connectivity index (χ0n) is 13.2. The first-order chi connectivity index (χ1) is 9.63. The molecule has 0 radical (unpaired) electrons. The van der Waals surface area contributed by atoms with Crippen molar-refractivity contribution in [1.82, 2.24) is 4.98 Å². The van der Waals surface area contributed by atoms with Crippen LogP contribution in [0, 0.1) is 0 Å². The summed E-state index contributed by atoms with van der Waals surface area (Å²) in [5.74, 6) is 0.495. The number of benzene rings is 1. The lowest BCUT2D eigenvalue weighted by atomic mass is 9.79. The third kappa shape index (κ3) is 3.12. The Hall–Kier alpha value is -1.37. The van der Waals surface area contributed by atoms with Gasteiger partial charge in [0.2, 0.25) is 0 Å². The number of nitrogens with zero attached hydrogens (tertiary/aromatic N) is 1. The van der Waals surface area contributed by atoms with Crippen LogP contribution >= 0.6 is 0 Å². The number of aromatic nitrogens is 1. The normalized spacial score (nSPS) is 12.5. The van der Waals surface area contributed by atoms with Crippen molar-refractivity contribution >= 4 is 31.8 Å². The Morgan fingerprint density at radius 3 is 2.38 bits per heavy atom. The van der Waals surface area contributed by atoms with Crippen LogP contribution < -0.4 is 9.89 Å². The molecule has 0 aliphatic carbocycles. The zero-order valence-corrected chi connectivity index (χ0v) is 14.2. The van der Waals surface area contributed by atoms with Gasteiger partial charge in [0.15, 0.2) is 0 Å². The average Bonchev–Trinajstić information content (AvgIpc) is 2.37. The van der Waals surface area contributed by atoms with E-state index >= 15 is 0 Å². The van der Waals surface area contributed by atoms with Crippen molar-refractivity contribution in [2.24, 2.45) is 0 Å². The molecule has 0 atom stereocenters. The van der Waals surface area contributed by atoms with Gasteiger partial charge >= 0.3 is 7.12 Å². The Morgan fingerprint density at radius 1 is 1.14 bits per heavy atom. The second-order valence-corrected chi connectivity index (χ2v) is 11.5. The highest BCUT2D eigenvalue weighted by Crippen LogP contribution is 2.38. The Morgan fingerprint density at radius 2 is 1.81 bits per heavy atom. The summed E-state index contributed by atoms with van der Waals surface area (Å²) in [6, 6.07) is 7.31. The van der Waals surface area contributed by atoms with E-state index in [1.54, 1.807) is 12.3 Å². The fraction of sp³-hybridized carbons (Fsp3) is 0.400. The van der Waals surface area contributed by atoms with E-state index in [1.807, 2.05) is 18.2 Å². The van der Waals surface area contributed by atoms with Crippen LogP contribution in [0.15, 0.2) is 30.5 Å². The highest BCUT2D eigenvalue weighted by Gasteiger charge is 2.40. The van der Waals surface area contributed by atoms with Crippen LogP contribution in [0.1, 0.15) is 20.8 Å². The molecule has 0 saturated heterocycles. The molecule has 0 saturated carbocycles. The predicted molar refractivity (Wildman–Crippen MR) is 89.4 cm³/mol. The van der Waals surface area contributed by atoms with Crippen molar-refractivity contribution in [3.63, 3.8) is 0 Å². The van der Waals surface area contributed by atoms with Crippen LogP contribution in [0.4, 0.5) is 0 Å². The fourth-order valence-corrected chi connectivity index (χ4v) is 2.88. The van der Waals surface area contributed by atoms with Gasteiger partial charge in [-0.05, 0) is 24.2 Å². The van der Waals surface area contributed by atoms with Gasteiger partial charge in [-0.1, -0.05) is 39.0 Å². The maximum atomic E-state index is 9.63. The van der Waals surface area contributed by atoms with Gasteiger partial charge in [-0.25, -0.2) is 0 Å². The van der Waals surface area contributed by atoms with E-state index in [4.69, 9.17) is 4.43 Å². The van der Waals surface area contributed by atoms with E-state index in [0.717, 1.165) is 5.39 Å². The smallest absolute Gasteiger partial charge is 0.492 e. The molecule has 6 heteroatoms. The zero-order chi connectivity index (χ0) is 15.8. The van der Waals surface area contributed by atoms with Crippen molar-refractivity contribution in [3.05, 3.63) is 30.5 Å². The lowest BCUT2D eigenvalue weighted by Gasteiger charge is -2.37. The molecule has 0 aliphatic rings. The molecule has 0 fully saturated rings. The van der Waals surface area contributed by atoms with Gasteiger partial charge in [0.1, 0.15) is 11.3 Å². The highest BCUT2D eigenvalue weighted by molar-refractivity contribution is 6.75. The highest BCUT2D eigenvalue weighted by atomic mass is 28.4. The SMILES string of the molecule is CC(C)(C)[Si](C)(C)Oc1c(B(O)O)ccc2cccnc12. The fourth-order valence-electron chi connectivity index (χ4n) is 1.85. The first-order valence-electron chi connectivity index (χ1n) is 7.06. The lowest BCUT2D eigenvalue weighted by Crippen LogP contribution is -2.46. The molecular weight excluding hydrogens is 281 g/mol. The summed E-state index contributed by atoms with van der Waals surface area (Å²) < 4.78 is 6.33. The summed E-state index contributed by atoms with van der Waals surface area (Å²) in [6.07, 6.45) is 1.69. The second kappa shape index (κ2) is 5.44. The molecule has 2 rings (SSSR count). The lowest BCUT2D eigenvalue weighted by molar-refractivity contribution is 0.422. The van der Waals surface area contributed by atoms with E-state index in [0.29, 0.717) is 16.7 Å². The number of hydrogen-bond donors (Lipinski definition) is 2. The molecule has 0 aliphatic heterocycles. The van der Waals surface area contributed by atoms with E-state index in [-0.39, 0.29) is 5.04 Å². The molecule has 1 aromatic heterocycles. The molecule has 21 heavy (non-hydrogen) atoms. The third-order valence-electron chi connectivity index (χ3n) is 4.20. The van der Waals surface area contributed by atoms with Crippen LogP contribution in [0.25, 0.3) is 10.9 Å². The Labute approximate surface area is 127 Å². The van der Waals surface area contributed by atoms with Gasteiger partial charge in [0.05, 0.1) is 0 Å². The molecule has 0 bridgehead atoms. The first kappa shape index (κ1) is 16.0. The minimum absolute atomic E-state index is 0.0155. The number of rotatable bonds is 3. The molecule has 2 N–H and O–H groups in total. The first-order valence-corrected chi connectivity index (χ1v) is 9.97. The molecule has 0 spiro atoms. The number of hydrogen-bond acceptors (Lipinski definition) is 4. The van der Waals surface area contributed by atoms with Gasteiger partial charge in [0.25, 0.3) is 8.32 Å². The largest absolute Gasteiger partial charge is 0.542 e. The summed E-state index contributed by atoms with van der Waals surface area (Å²) in [5.41, 5.74) is 1.04. The molecule has 0 amide bonds. The quantitative estimate of drug-likeness (QED) is 0.854. The maximum absolute atomic E-state index is 9.63.